The molecule has 1 aromatic rings. The largest absolute Gasteiger partial charge is 0.387 e. The monoisotopic (exact) mass is 200 g/mol. The van der Waals surface area contributed by atoms with Crippen LogP contribution < -0.4 is 5.32 Å². The summed E-state index contributed by atoms with van der Waals surface area (Å²) in [5.74, 6) is 0. The number of nitro benzene ring substituents is 1. The lowest BCUT2D eigenvalue weighted by Crippen LogP contribution is -1.96. The summed E-state index contributed by atoms with van der Waals surface area (Å²) in [6.07, 6.45) is 0. The molecule has 70 valence electrons. The molecule has 0 aliphatic heterocycles. The molecule has 4 nitrogen and oxygen atoms in total. The fourth-order valence-corrected chi connectivity index (χ4v) is 1.32. The maximum atomic E-state index is 10.5. The predicted molar refractivity (Wildman–Crippen MR) is 52.4 cm³/mol. The highest BCUT2D eigenvalue weighted by atomic mass is 35.5. The summed E-state index contributed by atoms with van der Waals surface area (Å²) in [4.78, 5) is 10.1. The second kappa shape index (κ2) is 3.62. The van der Waals surface area contributed by atoms with Gasteiger partial charge in [-0.05, 0) is 13.0 Å². The molecule has 0 unspecified atom stereocenters. The van der Waals surface area contributed by atoms with Crippen LogP contribution in [0.2, 0.25) is 5.02 Å². The second-order valence-electron chi connectivity index (χ2n) is 2.58. The van der Waals surface area contributed by atoms with Gasteiger partial charge in [0.25, 0.3) is 5.69 Å². The van der Waals surface area contributed by atoms with Gasteiger partial charge >= 0.3 is 0 Å². The number of rotatable bonds is 2. The summed E-state index contributed by atoms with van der Waals surface area (Å²) < 4.78 is 0. The lowest BCUT2D eigenvalue weighted by atomic mass is 10.2. The van der Waals surface area contributed by atoms with Crippen molar-refractivity contribution in [2.75, 3.05) is 12.4 Å². The Hall–Kier alpha value is -1.29. The molecular formula is C8H9ClN2O2. The Morgan fingerprint density at radius 3 is 2.62 bits per heavy atom. The van der Waals surface area contributed by atoms with E-state index in [1.54, 1.807) is 20.0 Å². The predicted octanol–water partition coefficient (Wildman–Crippen LogP) is 2.60. The third-order valence-corrected chi connectivity index (χ3v) is 2.31. The van der Waals surface area contributed by atoms with Gasteiger partial charge in [-0.15, -0.1) is 0 Å². The number of hydrogen-bond donors (Lipinski definition) is 1. The zero-order valence-electron chi connectivity index (χ0n) is 7.30. The zero-order chi connectivity index (χ0) is 10.0. The van der Waals surface area contributed by atoms with Crippen LogP contribution in [0.25, 0.3) is 0 Å². The molecule has 0 heterocycles. The maximum Gasteiger partial charge on any atom is 0.273 e. The summed E-state index contributed by atoms with van der Waals surface area (Å²) in [5.41, 5.74) is 1.23. The highest BCUT2D eigenvalue weighted by Gasteiger charge is 2.14. The smallest absolute Gasteiger partial charge is 0.273 e. The number of nitrogens with one attached hydrogen (secondary N) is 1. The number of nitro groups is 1. The van der Waals surface area contributed by atoms with Crippen molar-refractivity contribution in [3.63, 3.8) is 0 Å². The Morgan fingerprint density at radius 2 is 2.15 bits per heavy atom. The Bertz CT molecular complexity index is 352. The molecule has 0 aromatic heterocycles. The van der Waals surface area contributed by atoms with Gasteiger partial charge in [0.15, 0.2) is 0 Å². The average molecular weight is 201 g/mol. The summed E-state index contributed by atoms with van der Waals surface area (Å²) in [6.45, 7) is 1.63. The molecule has 1 aromatic carbocycles. The fourth-order valence-electron chi connectivity index (χ4n) is 1.07. The molecule has 0 bridgehead atoms. The van der Waals surface area contributed by atoms with Gasteiger partial charge in [-0.3, -0.25) is 10.1 Å². The van der Waals surface area contributed by atoms with E-state index in [1.807, 2.05) is 0 Å². The van der Waals surface area contributed by atoms with Crippen LogP contribution in [0.3, 0.4) is 0 Å². The summed E-state index contributed by atoms with van der Waals surface area (Å²) in [6, 6.07) is 3.03. The minimum Gasteiger partial charge on any atom is -0.387 e. The van der Waals surface area contributed by atoms with Crippen LogP contribution in [-0.4, -0.2) is 12.0 Å². The summed E-state index contributed by atoms with van der Waals surface area (Å²) >= 11 is 5.88. The van der Waals surface area contributed by atoms with Gasteiger partial charge in [0.1, 0.15) is 0 Å². The van der Waals surface area contributed by atoms with Crippen molar-refractivity contribution < 1.29 is 4.92 Å². The maximum absolute atomic E-state index is 10.5. The van der Waals surface area contributed by atoms with Gasteiger partial charge < -0.3 is 5.32 Å². The van der Waals surface area contributed by atoms with Crippen LogP contribution in [0.15, 0.2) is 12.1 Å². The number of nitrogens with zero attached hydrogens (tertiary/aromatic N) is 1. The number of anilines is 1. The highest BCUT2D eigenvalue weighted by Crippen LogP contribution is 2.31. The van der Waals surface area contributed by atoms with Gasteiger partial charge in [-0.1, -0.05) is 11.6 Å². The number of halogens is 1. The standard InChI is InChI=1S/C8H9ClN2O2/c1-5-7(11(12)13)4-3-6(10-2)8(5)9/h3-4,10H,1-2H3. The third-order valence-electron chi connectivity index (χ3n) is 1.82. The van der Waals surface area contributed by atoms with Gasteiger partial charge in [-0.2, -0.15) is 0 Å². The van der Waals surface area contributed by atoms with Crippen LogP contribution in [0, 0.1) is 17.0 Å². The zero-order valence-corrected chi connectivity index (χ0v) is 8.05. The van der Waals surface area contributed by atoms with Crippen molar-refractivity contribution in [1.82, 2.24) is 0 Å². The Labute approximate surface area is 80.7 Å². The first-order chi connectivity index (χ1) is 6.07. The van der Waals surface area contributed by atoms with Crippen molar-refractivity contribution >= 4 is 23.0 Å². The second-order valence-corrected chi connectivity index (χ2v) is 2.96. The van der Waals surface area contributed by atoms with E-state index in [-0.39, 0.29) is 5.69 Å². The van der Waals surface area contributed by atoms with E-state index in [4.69, 9.17) is 11.6 Å². The Kier molecular flexibility index (Phi) is 2.72. The molecule has 0 saturated heterocycles. The highest BCUT2D eigenvalue weighted by molar-refractivity contribution is 6.34. The summed E-state index contributed by atoms with van der Waals surface area (Å²) in [7, 11) is 1.71. The molecule has 0 fully saturated rings. The van der Waals surface area contributed by atoms with E-state index in [2.05, 4.69) is 5.32 Å². The Balaban J connectivity index is 3.31. The molecule has 0 aliphatic carbocycles. The summed E-state index contributed by atoms with van der Waals surface area (Å²) in [5, 5.41) is 13.7. The number of benzene rings is 1. The van der Waals surface area contributed by atoms with Crippen LogP contribution in [-0.2, 0) is 0 Å². The first-order valence-corrected chi connectivity index (χ1v) is 4.07. The molecule has 0 atom stereocenters. The first kappa shape index (κ1) is 9.80. The van der Waals surface area contributed by atoms with Gasteiger partial charge in [0.05, 0.1) is 15.6 Å². The molecule has 13 heavy (non-hydrogen) atoms. The van der Waals surface area contributed by atoms with Crippen LogP contribution in [0.1, 0.15) is 5.56 Å². The minimum absolute atomic E-state index is 0.0454. The quantitative estimate of drug-likeness (QED) is 0.590. The fraction of sp³-hybridized carbons (Fsp3) is 0.250. The molecule has 0 saturated carbocycles. The first-order valence-electron chi connectivity index (χ1n) is 3.69. The molecule has 0 amide bonds. The SMILES string of the molecule is CNc1ccc([N+](=O)[O-])c(C)c1Cl. The normalized spacial score (nSPS) is 9.77. The van der Waals surface area contributed by atoms with E-state index in [0.29, 0.717) is 16.3 Å². The van der Waals surface area contributed by atoms with Crippen molar-refractivity contribution in [2.24, 2.45) is 0 Å². The minimum atomic E-state index is -0.444. The van der Waals surface area contributed by atoms with Gasteiger partial charge in [-0.25, -0.2) is 0 Å². The number of hydrogen-bond acceptors (Lipinski definition) is 3. The molecule has 5 heteroatoms. The van der Waals surface area contributed by atoms with Crippen molar-refractivity contribution in [3.05, 3.63) is 32.8 Å². The molecular weight excluding hydrogens is 192 g/mol. The average Bonchev–Trinajstić information content (AvgIpc) is 2.09. The Morgan fingerprint density at radius 1 is 1.54 bits per heavy atom. The van der Waals surface area contributed by atoms with Crippen LogP contribution >= 0.6 is 11.6 Å². The molecule has 0 spiro atoms. The van der Waals surface area contributed by atoms with Gasteiger partial charge in [0.2, 0.25) is 0 Å². The molecule has 0 aliphatic rings. The van der Waals surface area contributed by atoms with Crippen molar-refractivity contribution in [3.8, 4) is 0 Å². The lowest BCUT2D eigenvalue weighted by Gasteiger charge is -2.05. The lowest BCUT2D eigenvalue weighted by molar-refractivity contribution is -0.385. The third kappa shape index (κ3) is 1.72. The molecule has 0 radical (unpaired) electrons. The topological polar surface area (TPSA) is 55.2 Å². The van der Waals surface area contributed by atoms with Crippen LogP contribution in [0.4, 0.5) is 11.4 Å². The van der Waals surface area contributed by atoms with Crippen molar-refractivity contribution in [1.29, 1.82) is 0 Å². The van der Waals surface area contributed by atoms with E-state index < -0.39 is 4.92 Å². The van der Waals surface area contributed by atoms with Crippen molar-refractivity contribution in [2.45, 2.75) is 6.92 Å². The molecule has 1 rings (SSSR count). The van der Waals surface area contributed by atoms with E-state index in [0.717, 1.165) is 0 Å². The van der Waals surface area contributed by atoms with Gasteiger partial charge in [0, 0.05) is 18.7 Å². The van der Waals surface area contributed by atoms with E-state index in [1.165, 1.54) is 6.07 Å². The van der Waals surface area contributed by atoms with E-state index in [9.17, 15) is 10.1 Å². The van der Waals surface area contributed by atoms with Crippen LogP contribution in [0.5, 0.6) is 0 Å². The molecule has 1 N–H and O–H groups in total. The van der Waals surface area contributed by atoms with E-state index >= 15 is 0 Å².